The van der Waals surface area contributed by atoms with Gasteiger partial charge in [-0.15, -0.1) is 0 Å². The molecule has 188 valence electrons. The summed E-state index contributed by atoms with van der Waals surface area (Å²) in [6, 6.07) is 25.2. The number of aryl methyl sites for hydroxylation is 1. The van der Waals surface area contributed by atoms with Crippen LogP contribution in [0.25, 0.3) is 11.8 Å². The van der Waals surface area contributed by atoms with Crippen LogP contribution in [0.3, 0.4) is 0 Å². The first kappa shape index (κ1) is 24.9. The number of carbonyl (C=O) groups excluding carboxylic acids is 2. The minimum atomic E-state index is -0.509. The number of nitrogens with one attached hydrogen (secondary N) is 1. The maximum atomic E-state index is 13.0. The molecule has 8 heteroatoms. The molecule has 0 saturated carbocycles. The van der Waals surface area contributed by atoms with Gasteiger partial charge in [-0.1, -0.05) is 29.8 Å². The first-order chi connectivity index (χ1) is 18.4. The highest BCUT2D eigenvalue weighted by Gasteiger charge is 2.35. The highest BCUT2D eigenvalue weighted by atomic mass is 35.5. The molecule has 1 N–H and O–H groups in total. The van der Waals surface area contributed by atoms with E-state index in [2.05, 4.69) is 16.0 Å². The summed E-state index contributed by atoms with van der Waals surface area (Å²) in [5.41, 5.74) is 5.71. The van der Waals surface area contributed by atoms with E-state index < -0.39 is 11.9 Å². The molecule has 38 heavy (non-hydrogen) atoms. The number of benzene rings is 3. The van der Waals surface area contributed by atoms with Crippen LogP contribution in [0.4, 0.5) is 10.5 Å². The number of amides is 3. The van der Waals surface area contributed by atoms with Gasteiger partial charge in [0, 0.05) is 27.7 Å². The van der Waals surface area contributed by atoms with Crippen molar-refractivity contribution in [3.63, 3.8) is 0 Å². The number of imide groups is 1. The van der Waals surface area contributed by atoms with Crippen LogP contribution in [-0.2, 0) is 11.4 Å². The van der Waals surface area contributed by atoms with Crippen LogP contribution in [-0.4, -0.2) is 16.5 Å². The van der Waals surface area contributed by atoms with Crippen LogP contribution < -0.4 is 15.0 Å². The minimum absolute atomic E-state index is 0.201. The van der Waals surface area contributed by atoms with Crippen LogP contribution in [0.1, 0.15) is 28.1 Å². The van der Waals surface area contributed by atoms with Crippen LogP contribution in [0, 0.1) is 25.2 Å². The molecule has 2 heterocycles. The molecule has 5 rings (SSSR count). The summed E-state index contributed by atoms with van der Waals surface area (Å²) in [5, 5.41) is 12.5. The number of nitriles is 1. The van der Waals surface area contributed by atoms with Crippen LogP contribution in [0.15, 0.2) is 84.6 Å². The van der Waals surface area contributed by atoms with E-state index in [0.29, 0.717) is 28.6 Å². The van der Waals surface area contributed by atoms with Crippen molar-refractivity contribution >= 4 is 35.3 Å². The van der Waals surface area contributed by atoms with Gasteiger partial charge in [0.05, 0.1) is 17.3 Å². The number of hydrogen-bond donors (Lipinski definition) is 1. The highest BCUT2D eigenvalue weighted by molar-refractivity contribution is 6.31. The number of nitrogens with zero attached hydrogens (tertiary/aromatic N) is 3. The van der Waals surface area contributed by atoms with Gasteiger partial charge in [-0.3, -0.25) is 4.79 Å². The molecular weight excluding hydrogens is 500 g/mol. The fraction of sp³-hybridized carbons (Fsp3) is 0.100. The molecule has 4 aromatic rings. The minimum Gasteiger partial charge on any atom is -0.489 e. The molecule has 0 spiro atoms. The van der Waals surface area contributed by atoms with E-state index in [4.69, 9.17) is 16.3 Å². The van der Waals surface area contributed by atoms with Gasteiger partial charge in [0.15, 0.2) is 0 Å². The maximum absolute atomic E-state index is 13.0. The van der Waals surface area contributed by atoms with Gasteiger partial charge in [0.2, 0.25) is 0 Å². The van der Waals surface area contributed by atoms with Gasteiger partial charge in [0.25, 0.3) is 5.91 Å². The third-order valence-corrected chi connectivity index (χ3v) is 6.61. The zero-order valence-electron chi connectivity index (χ0n) is 20.7. The van der Waals surface area contributed by atoms with Gasteiger partial charge in [-0.05, 0) is 86.2 Å². The van der Waals surface area contributed by atoms with Crippen molar-refractivity contribution in [3.8, 4) is 17.5 Å². The van der Waals surface area contributed by atoms with E-state index in [-0.39, 0.29) is 5.70 Å². The number of rotatable bonds is 6. The highest BCUT2D eigenvalue weighted by Crippen LogP contribution is 2.27. The normalized spacial score (nSPS) is 14.1. The predicted octanol–water partition coefficient (Wildman–Crippen LogP) is 6.30. The average Bonchev–Trinajstić information content (AvgIpc) is 3.36. The first-order valence-corrected chi connectivity index (χ1v) is 12.3. The summed E-state index contributed by atoms with van der Waals surface area (Å²) in [6.45, 7) is 4.24. The molecule has 1 aromatic heterocycles. The Balaban J connectivity index is 1.35. The van der Waals surface area contributed by atoms with Gasteiger partial charge >= 0.3 is 6.03 Å². The molecule has 1 aliphatic heterocycles. The monoisotopic (exact) mass is 522 g/mol. The van der Waals surface area contributed by atoms with Crippen LogP contribution in [0.2, 0.25) is 5.02 Å². The molecule has 0 aliphatic carbocycles. The van der Waals surface area contributed by atoms with E-state index >= 15 is 0 Å². The van der Waals surface area contributed by atoms with Crippen molar-refractivity contribution in [1.29, 1.82) is 5.26 Å². The molecule has 0 bridgehead atoms. The number of carbonyl (C=O) groups is 2. The largest absolute Gasteiger partial charge is 0.489 e. The molecule has 3 aromatic carbocycles. The lowest BCUT2D eigenvalue weighted by Crippen LogP contribution is -2.30. The first-order valence-electron chi connectivity index (χ1n) is 11.9. The standard InChI is InChI=1S/C30H23ClN4O3/c1-19-15-23(16-28-29(36)35(30(37)33-28)26-9-7-24(31)8-10-26)20(2)34(19)25-11-13-27(14-12-25)38-18-22-6-4-3-5-21(22)17-32/h3-16H,18H2,1-2H3,(H,33,37)/b28-16+. The van der Waals surface area contributed by atoms with E-state index in [1.165, 1.54) is 0 Å². The Labute approximate surface area is 225 Å². The van der Waals surface area contributed by atoms with Crippen LogP contribution >= 0.6 is 11.6 Å². The van der Waals surface area contributed by atoms with Crippen molar-refractivity contribution < 1.29 is 14.3 Å². The lowest BCUT2D eigenvalue weighted by atomic mass is 10.1. The number of anilines is 1. The topological polar surface area (TPSA) is 87.4 Å². The van der Waals surface area contributed by atoms with Gasteiger partial charge < -0.3 is 14.6 Å². The molecule has 1 aliphatic rings. The second-order valence-electron chi connectivity index (χ2n) is 8.82. The third-order valence-electron chi connectivity index (χ3n) is 6.36. The Hall–Kier alpha value is -4.80. The molecule has 0 atom stereocenters. The molecule has 1 saturated heterocycles. The van der Waals surface area contributed by atoms with Crippen molar-refractivity contribution in [2.75, 3.05) is 4.90 Å². The Kier molecular flexibility index (Phi) is 6.73. The smallest absolute Gasteiger partial charge is 0.333 e. The third kappa shape index (κ3) is 4.77. The predicted molar refractivity (Wildman–Crippen MR) is 146 cm³/mol. The zero-order chi connectivity index (χ0) is 26.8. The van der Waals surface area contributed by atoms with Gasteiger partial charge in [0.1, 0.15) is 18.1 Å². The fourth-order valence-corrected chi connectivity index (χ4v) is 4.58. The van der Waals surface area contributed by atoms with E-state index in [1.54, 1.807) is 36.4 Å². The van der Waals surface area contributed by atoms with Crippen molar-refractivity contribution in [3.05, 3.63) is 118 Å². The summed E-state index contributed by atoms with van der Waals surface area (Å²) >= 11 is 5.94. The zero-order valence-corrected chi connectivity index (χ0v) is 21.5. The van der Waals surface area contributed by atoms with Gasteiger partial charge in [-0.25, -0.2) is 9.69 Å². The quantitative estimate of drug-likeness (QED) is 0.238. The Morgan fingerprint density at radius 2 is 1.66 bits per heavy atom. The van der Waals surface area contributed by atoms with Crippen molar-refractivity contribution in [2.24, 2.45) is 0 Å². The fourth-order valence-electron chi connectivity index (χ4n) is 4.45. The Morgan fingerprint density at radius 3 is 2.37 bits per heavy atom. The molecule has 1 fully saturated rings. The summed E-state index contributed by atoms with van der Waals surface area (Å²) < 4.78 is 7.96. The number of ether oxygens (including phenoxy) is 1. The number of urea groups is 1. The van der Waals surface area contributed by atoms with Crippen molar-refractivity contribution in [2.45, 2.75) is 20.5 Å². The summed E-state index contributed by atoms with van der Waals surface area (Å²) in [4.78, 5) is 26.7. The molecule has 7 nitrogen and oxygen atoms in total. The maximum Gasteiger partial charge on any atom is 0.333 e. The Morgan fingerprint density at radius 1 is 0.974 bits per heavy atom. The van der Waals surface area contributed by atoms with Crippen LogP contribution in [0.5, 0.6) is 5.75 Å². The second kappa shape index (κ2) is 10.3. The number of hydrogen-bond acceptors (Lipinski definition) is 4. The number of halogens is 1. The lowest BCUT2D eigenvalue weighted by Gasteiger charge is -2.12. The summed E-state index contributed by atoms with van der Waals surface area (Å²) in [7, 11) is 0. The van der Waals surface area contributed by atoms with E-state index in [1.807, 2.05) is 62.4 Å². The average molecular weight is 523 g/mol. The SMILES string of the molecule is Cc1cc(/C=C2/NC(=O)N(c3ccc(Cl)cc3)C2=O)c(C)n1-c1ccc(OCc2ccccc2C#N)cc1. The molecular formula is C30H23ClN4O3. The summed E-state index contributed by atoms with van der Waals surface area (Å²) in [5.74, 6) is 0.259. The van der Waals surface area contributed by atoms with Crippen molar-refractivity contribution in [1.82, 2.24) is 9.88 Å². The molecule has 0 unspecified atom stereocenters. The second-order valence-corrected chi connectivity index (χ2v) is 9.25. The molecule has 3 amide bonds. The van der Waals surface area contributed by atoms with E-state index in [0.717, 1.165) is 33.1 Å². The summed E-state index contributed by atoms with van der Waals surface area (Å²) in [6.07, 6.45) is 1.69. The number of aromatic nitrogens is 1. The lowest BCUT2D eigenvalue weighted by molar-refractivity contribution is -0.113. The van der Waals surface area contributed by atoms with E-state index in [9.17, 15) is 14.9 Å². The Bertz CT molecular complexity index is 1610. The molecule has 0 radical (unpaired) electrons. The van der Waals surface area contributed by atoms with Gasteiger partial charge in [-0.2, -0.15) is 5.26 Å².